The van der Waals surface area contributed by atoms with Crippen LogP contribution in [0.1, 0.15) is 39.2 Å². The maximum atomic E-state index is 13.3. The molecule has 0 atom stereocenters. The van der Waals surface area contributed by atoms with Gasteiger partial charge in [-0.15, -0.1) is 11.3 Å². The van der Waals surface area contributed by atoms with Gasteiger partial charge in [0.25, 0.3) is 0 Å². The number of ether oxygens (including phenoxy) is 1. The van der Waals surface area contributed by atoms with Gasteiger partial charge in [0.1, 0.15) is 5.75 Å². The van der Waals surface area contributed by atoms with Crippen molar-refractivity contribution < 1.29 is 46.1 Å². The van der Waals surface area contributed by atoms with Gasteiger partial charge in [0.05, 0.1) is 11.3 Å². The Labute approximate surface area is 238 Å². The third kappa shape index (κ3) is 7.18. The lowest BCUT2D eigenvalue weighted by molar-refractivity contribution is -0.139. The highest BCUT2D eigenvalue weighted by Gasteiger charge is 2.36. The van der Waals surface area contributed by atoms with E-state index in [2.05, 4.69) is 5.32 Å². The van der Waals surface area contributed by atoms with E-state index < -0.39 is 46.1 Å². The van der Waals surface area contributed by atoms with Crippen molar-refractivity contribution in [2.45, 2.75) is 37.7 Å². The highest BCUT2D eigenvalue weighted by molar-refractivity contribution is 7.88. The first-order valence-corrected chi connectivity index (χ1v) is 14.9. The summed E-state index contributed by atoms with van der Waals surface area (Å²) in [6, 6.07) is 11.7. The van der Waals surface area contributed by atoms with Gasteiger partial charge in [-0.05, 0) is 49.1 Å². The topological polar surface area (TPSA) is 133 Å². The van der Waals surface area contributed by atoms with Gasteiger partial charge in [0.15, 0.2) is 11.5 Å². The first-order chi connectivity index (χ1) is 19.3. The van der Waals surface area contributed by atoms with Crippen LogP contribution in [-0.4, -0.2) is 60.6 Å². The summed E-state index contributed by atoms with van der Waals surface area (Å²) in [7, 11) is -3.97. The number of nitrogens with zero attached hydrogens (tertiary/aromatic N) is 1. The molecule has 3 aromatic rings. The van der Waals surface area contributed by atoms with Crippen molar-refractivity contribution in [3.05, 3.63) is 70.1 Å². The first kappa shape index (κ1) is 30.3. The van der Waals surface area contributed by atoms with E-state index in [0.29, 0.717) is 34.5 Å². The summed E-state index contributed by atoms with van der Waals surface area (Å²) in [4.78, 5) is 23.2. The van der Waals surface area contributed by atoms with E-state index >= 15 is 0 Å². The molecule has 0 spiro atoms. The molecule has 1 aromatic heterocycles. The van der Waals surface area contributed by atoms with Crippen LogP contribution in [0.2, 0.25) is 0 Å². The van der Waals surface area contributed by atoms with Gasteiger partial charge in [0, 0.05) is 35.3 Å². The Morgan fingerprint density at radius 1 is 1.10 bits per heavy atom. The highest BCUT2D eigenvalue weighted by Crippen LogP contribution is 2.42. The molecule has 4 rings (SSSR count). The molecule has 220 valence electrons. The number of carboxylic acids is 2. The van der Waals surface area contributed by atoms with E-state index in [9.17, 15) is 36.3 Å². The van der Waals surface area contributed by atoms with Gasteiger partial charge < -0.3 is 20.3 Å². The number of anilines is 1. The van der Waals surface area contributed by atoms with Crippen molar-refractivity contribution in [1.82, 2.24) is 4.31 Å². The Morgan fingerprint density at radius 2 is 1.78 bits per heavy atom. The van der Waals surface area contributed by atoms with Crippen molar-refractivity contribution in [2.75, 3.05) is 25.0 Å². The van der Waals surface area contributed by atoms with Crippen molar-refractivity contribution >= 4 is 39.0 Å². The summed E-state index contributed by atoms with van der Waals surface area (Å²) in [6.45, 7) is 1.26. The van der Waals surface area contributed by atoms with Gasteiger partial charge in [-0.1, -0.05) is 30.3 Å². The van der Waals surface area contributed by atoms with E-state index in [1.165, 1.54) is 22.5 Å². The molecule has 1 fully saturated rings. The third-order valence-electron chi connectivity index (χ3n) is 6.63. The van der Waals surface area contributed by atoms with Crippen LogP contribution < -0.4 is 10.1 Å². The molecule has 0 bridgehead atoms. The predicted octanol–water partition coefficient (Wildman–Crippen LogP) is 5.31. The van der Waals surface area contributed by atoms with Crippen molar-refractivity contribution in [2.24, 2.45) is 0 Å². The number of aliphatic carboxylic acids is 1. The average Bonchev–Trinajstić information content (AvgIpc) is 3.23. The lowest BCUT2D eigenvalue weighted by Crippen LogP contribution is -2.42. The van der Waals surface area contributed by atoms with Crippen LogP contribution in [0.5, 0.6) is 5.75 Å². The summed E-state index contributed by atoms with van der Waals surface area (Å²) < 4.78 is 72.4. The molecule has 0 radical (unpaired) electrons. The maximum absolute atomic E-state index is 13.3. The Balaban J connectivity index is 1.43. The zero-order valence-electron chi connectivity index (χ0n) is 21.8. The number of hydrogen-bond donors (Lipinski definition) is 3. The number of benzene rings is 2. The number of thiophene rings is 1. The monoisotopic (exact) mass is 612 g/mol. The second-order valence-corrected chi connectivity index (χ2v) is 12.5. The summed E-state index contributed by atoms with van der Waals surface area (Å²) >= 11 is 0.971. The smallest absolute Gasteiger partial charge is 0.416 e. The third-order valence-corrected chi connectivity index (χ3v) is 9.77. The van der Waals surface area contributed by atoms with Crippen LogP contribution in [-0.2, 0) is 26.7 Å². The largest absolute Gasteiger partial charge is 0.480 e. The summed E-state index contributed by atoms with van der Waals surface area (Å²) in [5, 5.41) is 21.8. The van der Waals surface area contributed by atoms with Crippen molar-refractivity contribution in [3.63, 3.8) is 0 Å². The Morgan fingerprint density at radius 3 is 2.41 bits per heavy atom. The Hall–Kier alpha value is -3.62. The summed E-state index contributed by atoms with van der Waals surface area (Å²) in [6.07, 6.45) is -3.79. The number of aromatic carboxylic acids is 1. The fourth-order valence-corrected chi connectivity index (χ4v) is 7.38. The van der Waals surface area contributed by atoms with E-state index in [0.717, 1.165) is 17.4 Å². The summed E-state index contributed by atoms with van der Waals surface area (Å²) in [5.41, 5.74) is 0.644. The molecule has 2 aromatic carbocycles. The van der Waals surface area contributed by atoms with Crippen LogP contribution in [0.15, 0.2) is 48.5 Å². The minimum atomic E-state index is -4.65. The molecule has 41 heavy (non-hydrogen) atoms. The molecule has 0 unspecified atom stereocenters. The van der Waals surface area contributed by atoms with E-state index in [-0.39, 0.29) is 35.3 Å². The predicted molar refractivity (Wildman–Crippen MR) is 147 cm³/mol. The van der Waals surface area contributed by atoms with E-state index in [1.54, 1.807) is 19.1 Å². The van der Waals surface area contributed by atoms with Gasteiger partial charge >= 0.3 is 18.1 Å². The fraction of sp³-hybridized carbons (Fsp3) is 0.333. The maximum Gasteiger partial charge on any atom is 0.416 e. The molecular formula is C27H27F3N2O7S2. The second kappa shape index (κ2) is 12.1. The number of halogens is 3. The SMILES string of the molecule is Cc1c(-c2cccc(NC3CCN(S(=O)(=O)Cc4ccccc4C(F)(F)F)CC3)c2)sc(C(=O)O)c1OCC(=O)O. The minimum absolute atomic E-state index is 0.00435. The number of carbonyl (C=O) groups is 2. The molecular weight excluding hydrogens is 585 g/mol. The van der Waals surface area contributed by atoms with Gasteiger partial charge in [-0.25, -0.2) is 22.3 Å². The molecule has 2 heterocycles. The van der Waals surface area contributed by atoms with E-state index in [4.69, 9.17) is 9.84 Å². The number of sulfonamides is 1. The van der Waals surface area contributed by atoms with Crippen LogP contribution >= 0.6 is 11.3 Å². The van der Waals surface area contributed by atoms with Crippen molar-refractivity contribution in [1.29, 1.82) is 0 Å². The quantitative estimate of drug-likeness (QED) is 0.281. The lowest BCUT2D eigenvalue weighted by atomic mass is 10.0. The molecule has 0 amide bonds. The van der Waals surface area contributed by atoms with Crippen LogP contribution in [0.25, 0.3) is 10.4 Å². The minimum Gasteiger partial charge on any atom is -0.480 e. The summed E-state index contributed by atoms with van der Waals surface area (Å²) in [5.74, 6) is -3.20. The average molecular weight is 613 g/mol. The normalized spacial score (nSPS) is 15.0. The number of hydrogen-bond acceptors (Lipinski definition) is 7. The van der Waals surface area contributed by atoms with Gasteiger partial charge in [-0.2, -0.15) is 13.2 Å². The molecule has 1 aliphatic heterocycles. The molecule has 0 saturated carbocycles. The van der Waals surface area contributed by atoms with Crippen LogP contribution in [0.4, 0.5) is 18.9 Å². The number of alkyl halides is 3. The van der Waals surface area contributed by atoms with Crippen LogP contribution in [0, 0.1) is 6.92 Å². The number of rotatable bonds is 10. The first-order valence-electron chi connectivity index (χ1n) is 12.5. The fourth-order valence-electron chi connectivity index (χ4n) is 4.70. The highest BCUT2D eigenvalue weighted by atomic mass is 32.2. The number of piperidine rings is 1. The molecule has 1 aliphatic rings. The van der Waals surface area contributed by atoms with E-state index in [1.807, 2.05) is 12.1 Å². The zero-order chi connectivity index (χ0) is 29.9. The molecule has 1 saturated heterocycles. The zero-order valence-corrected chi connectivity index (χ0v) is 23.4. The molecule has 0 aliphatic carbocycles. The van der Waals surface area contributed by atoms with Crippen LogP contribution in [0.3, 0.4) is 0 Å². The van der Waals surface area contributed by atoms with Gasteiger partial charge in [0.2, 0.25) is 10.0 Å². The lowest BCUT2D eigenvalue weighted by Gasteiger charge is -2.32. The number of carboxylic acid groups (broad SMARTS) is 2. The molecule has 14 heteroatoms. The Bertz CT molecular complexity index is 1550. The Kier molecular flexibility index (Phi) is 8.94. The molecule has 9 nitrogen and oxygen atoms in total. The molecule has 3 N–H and O–H groups in total. The van der Waals surface area contributed by atoms with Crippen molar-refractivity contribution in [3.8, 4) is 16.2 Å². The second-order valence-electron chi connectivity index (χ2n) is 9.51. The standard InChI is InChI=1S/C27H27F3N2O7S2/c1-16-23(39-14-22(33)34)25(26(35)36)40-24(16)17-6-4-7-20(13-17)31-19-9-11-32(12-10-19)41(37,38)15-18-5-2-3-8-21(18)27(28,29)30/h2-8,13,19,31H,9-12,14-15H2,1H3,(H,33,34)(H,35,36). The van der Waals surface area contributed by atoms with Gasteiger partial charge in [-0.3, -0.25) is 0 Å². The number of nitrogens with one attached hydrogen (secondary N) is 1.